The molecule has 0 aliphatic carbocycles. The van der Waals surface area contributed by atoms with Crippen molar-refractivity contribution in [2.24, 2.45) is 0 Å². The minimum Gasteiger partial charge on any atom is -0.508 e. The number of pyridine rings is 1. The minimum atomic E-state index is 0.329. The molecule has 166 valence electrons. The highest BCUT2D eigenvalue weighted by Gasteiger charge is 2.25. The lowest BCUT2D eigenvalue weighted by molar-refractivity contribution is 0.203. The summed E-state index contributed by atoms with van der Waals surface area (Å²) in [6.45, 7) is 4.98. The van der Waals surface area contributed by atoms with Gasteiger partial charge >= 0.3 is 0 Å². The number of phenolic OH excluding ortho intramolecular Hbond substituents is 1. The van der Waals surface area contributed by atoms with Gasteiger partial charge in [0.25, 0.3) is 0 Å². The Morgan fingerprint density at radius 3 is 2.48 bits per heavy atom. The fourth-order valence-corrected chi connectivity index (χ4v) is 4.66. The summed E-state index contributed by atoms with van der Waals surface area (Å²) in [6, 6.07) is 20.1. The Labute approximate surface area is 194 Å². The van der Waals surface area contributed by atoms with Crippen LogP contribution >= 0.6 is 0 Å². The average molecular weight is 437 g/mol. The van der Waals surface area contributed by atoms with E-state index in [4.69, 9.17) is 9.97 Å². The lowest BCUT2D eigenvalue weighted by Gasteiger charge is -2.32. The molecule has 0 radical (unpaired) electrons. The standard InChI is InChI=1S/C28H28N4O/c1-20-4-2-6-24(16-20)26-18-30-28(23-8-12-29-13-9-23)31-27(26)22-10-14-32(15-11-22)19-21-5-3-7-25(33)17-21/h2-9,12-13,16-18,22,33H,10-11,14-15,19H2,1H3. The van der Waals surface area contributed by atoms with E-state index in [0.29, 0.717) is 11.7 Å². The van der Waals surface area contributed by atoms with Gasteiger partial charge in [-0.05, 0) is 68.2 Å². The van der Waals surface area contributed by atoms with Gasteiger partial charge in [-0.25, -0.2) is 9.97 Å². The number of hydrogen-bond acceptors (Lipinski definition) is 5. The summed E-state index contributed by atoms with van der Waals surface area (Å²) in [4.78, 5) is 16.4. The Bertz CT molecular complexity index is 1230. The van der Waals surface area contributed by atoms with E-state index in [1.807, 2.05) is 30.5 Å². The summed E-state index contributed by atoms with van der Waals surface area (Å²) >= 11 is 0. The first kappa shape index (κ1) is 21.3. The third kappa shape index (κ3) is 4.94. The highest BCUT2D eigenvalue weighted by atomic mass is 16.3. The molecule has 1 aliphatic heterocycles. The van der Waals surface area contributed by atoms with Crippen molar-refractivity contribution < 1.29 is 5.11 Å². The topological polar surface area (TPSA) is 62.1 Å². The van der Waals surface area contributed by atoms with Gasteiger partial charge in [-0.2, -0.15) is 0 Å². The molecule has 1 aliphatic rings. The molecule has 0 spiro atoms. The molecule has 3 heterocycles. The van der Waals surface area contributed by atoms with Gasteiger partial charge in [0.1, 0.15) is 5.75 Å². The maximum atomic E-state index is 9.77. The summed E-state index contributed by atoms with van der Waals surface area (Å²) < 4.78 is 0. The summed E-state index contributed by atoms with van der Waals surface area (Å²) in [6.07, 6.45) is 7.65. The van der Waals surface area contributed by atoms with Crippen molar-refractivity contribution in [3.05, 3.63) is 96.1 Å². The van der Waals surface area contributed by atoms with Crippen LogP contribution in [0.15, 0.2) is 79.3 Å². The van der Waals surface area contributed by atoms with Gasteiger partial charge in [0, 0.05) is 42.2 Å². The van der Waals surface area contributed by atoms with Crippen molar-refractivity contribution >= 4 is 0 Å². The maximum absolute atomic E-state index is 9.77. The molecule has 0 atom stereocenters. The predicted octanol–water partition coefficient (Wildman–Crippen LogP) is 5.60. The molecule has 0 bridgehead atoms. The lowest BCUT2D eigenvalue weighted by Crippen LogP contribution is -2.33. The van der Waals surface area contributed by atoms with Gasteiger partial charge in [-0.3, -0.25) is 9.88 Å². The molecular weight excluding hydrogens is 408 g/mol. The van der Waals surface area contributed by atoms with Gasteiger partial charge in [0.05, 0.1) is 5.69 Å². The second kappa shape index (κ2) is 9.51. The normalized spacial score (nSPS) is 14.9. The number of piperidine rings is 1. The molecule has 1 saturated heterocycles. The molecule has 5 rings (SSSR count). The molecule has 5 nitrogen and oxygen atoms in total. The van der Waals surface area contributed by atoms with Gasteiger partial charge in [-0.15, -0.1) is 0 Å². The summed E-state index contributed by atoms with van der Waals surface area (Å²) in [7, 11) is 0. The fourth-order valence-electron chi connectivity index (χ4n) is 4.66. The van der Waals surface area contributed by atoms with E-state index >= 15 is 0 Å². The van der Waals surface area contributed by atoms with Crippen LogP contribution in [0.4, 0.5) is 0 Å². The van der Waals surface area contributed by atoms with Crippen molar-refractivity contribution in [2.45, 2.75) is 32.2 Å². The molecule has 0 saturated carbocycles. The molecule has 0 amide bonds. The first-order valence-corrected chi connectivity index (χ1v) is 11.5. The number of phenols is 1. The molecule has 5 heteroatoms. The highest BCUT2D eigenvalue weighted by Crippen LogP contribution is 2.35. The Morgan fingerprint density at radius 2 is 1.73 bits per heavy atom. The first-order chi connectivity index (χ1) is 16.2. The SMILES string of the molecule is Cc1cccc(-c2cnc(-c3ccncc3)nc2C2CCN(Cc3cccc(O)c3)CC2)c1. The molecule has 4 aromatic rings. The average Bonchev–Trinajstić information content (AvgIpc) is 2.85. The molecular formula is C28H28N4O. The van der Waals surface area contributed by atoms with Crippen LogP contribution in [0.3, 0.4) is 0 Å². The Morgan fingerprint density at radius 1 is 0.939 bits per heavy atom. The van der Waals surface area contributed by atoms with Gasteiger partial charge in [0.2, 0.25) is 0 Å². The predicted molar refractivity (Wildman–Crippen MR) is 131 cm³/mol. The largest absolute Gasteiger partial charge is 0.508 e. The number of aromatic nitrogens is 3. The van der Waals surface area contributed by atoms with Crippen LogP contribution in [0.1, 0.15) is 35.6 Å². The Hall–Kier alpha value is -3.57. The van der Waals surface area contributed by atoms with E-state index in [9.17, 15) is 5.11 Å². The second-order valence-corrected chi connectivity index (χ2v) is 8.82. The van der Waals surface area contributed by atoms with Crippen LogP contribution in [0.5, 0.6) is 5.75 Å². The van der Waals surface area contributed by atoms with Crippen molar-refractivity contribution in [3.63, 3.8) is 0 Å². The molecule has 1 N–H and O–H groups in total. The number of nitrogens with zero attached hydrogens (tertiary/aromatic N) is 4. The first-order valence-electron chi connectivity index (χ1n) is 11.5. The molecule has 1 fully saturated rings. The molecule has 33 heavy (non-hydrogen) atoms. The van der Waals surface area contributed by atoms with Crippen molar-refractivity contribution in [2.75, 3.05) is 13.1 Å². The van der Waals surface area contributed by atoms with E-state index in [1.165, 1.54) is 11.1 Å². The minimum absolute atomic E-state index is 0.329. The zero-order valence-corrected chi connectivity index (χ0v) is 18.9. The summed E-state index contributed by atoms with van der Waals surface area (Å²) in [5.74, 6) is 1.46. The molecule has 2 aromatic heterocycles. The quantitative estimate of drug-likeness (QED) is 0.441. The number of rotatable bonds is 5. The monoisotopic (exact) mass is 436 g/mol. The van der Waals surface area contributed by atoms with Gasteiger partial charge in [0.15, 0.2) is 5.82 Å². The third-order valence-electron chi connectivity index (χ3n) is 6.38. The van der Waals surface area contributed by atoms with Gasteiger partial charge < -0.3 is 5.11 Å². The van der Waals surface area contributed by atoms with Crippen molar-refractivity contribution in [1.29, 1.82) is 0 Å². The number of hydrogen-bond donors (Lipinski definition) is 1. The van der Waals surface area contributed by atoms with E-state index in [2.05, 4.69) is 47.1 Å². The maximum Gasteiger partial charge on any atom is 0.159 e. The van der Waals surface area contributed by atoms with Crippen LogP contribution in [-0.2, 0) is 6.54 Å². The van der Waals surface area contributed by atoms with Crippen LogP contribution in [0.25, 0.3) is 22.5 Å². The van der Waals surface area contributed by atoms with E-state index in [-0.39, 0.29) is 0 Å². The van der Waals surface area contributed by atoms with E-state index in [1.54, 1.807) is 18.5 Å². The summed E-state index contributed by atoms with van der Waals surface area (Å²) in [5.41, 5.74) is 6.81. The number of likely N-dealkylation sites (tertiary alicyclic amines) is 1. The zero-order valence-electron chi connectivity index (χ0n) is 18.9. The molecule has 2 aromatic carbocycles. The number of aryl methyl sites for hydroxylation is 1. The molecule has 0 unspecified atom stereocenters. The Kier molecular flexibility index (Phi) is 6.13. The number of benzene rings is 2. The van der Waals surface area contributed by atoms with Crippen LogP contribution < -0.4 is 0 Å². The third-order valence-corrected chi connectivity index (χ3v) is 6.38. The van der Waals surface area contributed by atoms with Crippen molar-refractivity contribution in [1.82, 2.24) is 19.9 Å². The fraction of sp³-hybridized carbons (Fsp3) is 0.250. The van der Waals surface area contributed by atoms with E-state index < -0.39 is 0 Å². The zero-order chi connectivity index (χ0) is 22.6. The lowest BCUT2D eigenvalue weighted by atomic mass is 9.88. The second-order valence-electron chi connectivity index (χ2n) is 8.82. The number of aromatic hydroxyl groups is 1. The highest BCUT2D eigenvalue weighted by molar-refractivity contribution is 5.68. The Balaban J connectivity index is 1.42. The van der Waals surface area contributed by atoms with E-state index in [0.717, 1.165) is 60.7 Å². The van der Waals surface area contributed by atoms with Crippen LogP contribution in [0.2, 0.25) is 0 Å². The smallest absolute Gasteiger partial charge is 0.159 e. The van der Waals surface area contributed by atoms with Gasteiger partial charge in [-0.1, -0.05) is 42.0 Å². The van der Waals surface area contributed by atoms with Crippen LogP contribution in [-0.4, -0.2) is 38.0 Å². The van der Waals surface area contributed by atoms with Crippen molar-refractivity contribution in [3.8, 4) is 28.3 Å². The summed E-state index contributed by atoms with van der Waals surface area (Å²) in [5, 5.41) is 9.77. The van der Waals surface area contributed by atoms with Crippen LogP contribution in [0, 0.1) is 6.92 Å².